The zero-order chi connectivity index (χ0) is 9.42. The molecule has 76 valence electrons. The van der Waals surface area contributed by atoms with Crippen LogP contribution in [0, 0.1) is 0 Å². The lowest BCUT2D eigenvalue weighted by atomic mass is 10.00. The van der Waals surface area contributed by atoms with Gasteiger partial charge in [-0.2, -0.15) is 0 Å². The summed E-state index contributed by atoms with van der Waals surface area (Å²) in [7, 11) is 1.81. The summed E-state index contributed by atoms with van der Waals surface area (Å²) < 4.78 is 5.25. The van der Waals surface area contributed by atoms with E-state index in [1.807, 2.05) is 7.11 Å². The van der Waals surface area contributed by atoms with Gasteiger partial charge in [0.05, 0.1) is 6.10 Å². The number of hydrogen-bond donors (Lipinski definition) is 0. The van der Waals surface area contributed by atoms with Crippen molar-refractivity contribution in [1.82, 2.24) is 9.80 Å². The van der Waals surface area contributed by atoms with E-state index >= 15 is 0 Å². The van der Waals surface area contributed by atoms with E-state index in [0.29, 0.717) is 6.10 Å². The summed E-state index contributed by atoms with van der Waals surface area (Å²) in [4.78, 5) is 5.05. The van der Waals surface area contributed by atoms with E-state index in [2.05, 4.69) is 23.6 Å². The van der Waals surface area contributed by atoms with E-state index in [-0.39, 0.29) is 0 Å². The molecule has 3 heteroatoms. The van der Waals surface area contributed by atoms with E-state index in [1.165, 1.54) is 13.1 Å². The van der Waals surface area contributed by atoms with Crippen LogP contribution in [-0.4, -0.2) is 61.3 Å². The maximum absolute atomic E-state index is 5.25. The molecule has 2 aliphatic heterocycles. The van der Waals surface area contributed by atoms with Gasteiger partial charge in [-0.1, -0.05) is 0 Å². The molecule has 3 nitrogen and oxygen atoms in total. The quantitative estimate of drug-likeness (QED) is 0.632. The number of rotatable bonds is 3. The average Bonchev–Trinajstić information content (AvgIpc) is 1.89. The minimum absolute atomic E-state index is 0.507. The normalized spacial score (nSPS) is 27.7. The monoisotopic (exact) mass is 184 g/mol. The predicted octanol–water partition coefficient (Wildman–Crippen LogP) is 0.410. The Morgan fingerprint density at radius 1 is 1.15 bits per heavy atom. The van der Waals surface area contributed by atoms with Gasteiger partial charge in [-0.15, -0.1) is 0 Å². The standard InChI is InChI=1S/C10H20N2O/c1-8(2)11-4-9(5-11)12-6-10(7-12)13-3/h8-10H,4-7H2,1-3H3. The summed E-state index contributed by atoms with van der Waals surface area (Å²) in [5.74, 6) is 0. The first kappa shape index (κ1) is 9.44. The molecule has 0 aliphatic carbocycles. The number of methoxy groups -OCH3 is 1. The van der Waals surface area contributed by atoms with E-state index < -0.39 is 0 Å². The zero-order valence-corrected chi connectivity index (χ0v) is 8.86. The largest absolute Gasteiger partial charge is 0.379 e. The van der Waals surface area contributed by atoms with Crippen molar-refractivity contribution in [3.8, 4) is 0 Å². The molecule has 2 fully saturated rings. The van der Waals surface area contributed by atoms with Crippen molar-refractivity contribution in [3.63, 3.8) is 0 Å². The molecule has 2 aliphatic rings. The first-order chi connectivity index (χ1) is 6.20. The molecule has 0 N–H and O–H groups in total. The topological polar surface area (TPSA) is 15.7 Å². The second kappa shape index (κ2) is 3.56. The van der Waals surface area contributed by atoms with Crippen LogP contribution in [0.4, 0.5) is 0 Å². The molecule has 0 aromatic heterocycles. The Hall–Kier alpha value is -0.120. The Bertz CT molecular complexity index is 172. The number of nitrogens with zero attached hydrogens (tertiary/aromatic N) is 2. The minimum atomic E-state index is 0.507. The average molecular weight is 184 g/mol. The maximum Gasteiger partial charge on any atom is 0.0825 e. The van der Waals surface area contributed by atoms with Crippen LogP contribution in [0.5, 0.6) is 0 Å². The van der Waals surface area contributed by atoms with Crippen molar-refractivity contribution in [2.45, 2.75) is 32.0 Å². The number of likely N-dealkylation sites (tertiary alicyclic amines) is 2. The van der Waals surface area contributed by atoms with Crippen molar-refractivity contribution >= 4 is 0 Å². The van der Waals surface area contributed by atoms with E-state index in [4.69, 9.17) is 4.74 Å². The lowest BCUT2D eigenvalue weighted by Crippen LogP contribution is -2.67. The van der Waals surface area contributed by atoms with Gasteiger partial charge in [0.1, 0.15) is 0 Å². The van der Waals surface area contributed by atoms with Gasteiger partial charge in [0.25, 0.3) is 0 Å². The van der Waals surface area contributed by atoms with Crippen LogP contribution >= 0.6 is 0 Å². The van der Waals surface area contributed by atoms with Crippen molar-refractivity contribution in [1.29, 1.82) is 0 Å². The van der Waals surface area contributed by atoms with Crippen LogP contribution in [0.3, 0.4) is 0 Å². The van der Waals surface area contributed by atoms with Crippen LogP contribution in [0.15, 0.2) is 0 Å². The van der Waals surface area contributed by atoms with Gasteiger partial charge in [-0.3, -0.25) is 9.80 Å². The lowest BCUT2D eigenvalue weighted by molar-refractivity contribution is -0.0916. The fourth-order valence-electron chi connectivity index (χ4n) is 2.06. The molecule has 0 bridgehead atoms. The highest BCUT2D eigenvalue weighted by Crippen LogP contribution is 2.23. The summed E-state index contributed by atoms with van der Waals surface area (Å²) in [6, 6.07) is 1.53. The summed E-state index contributed by atoms with van der Waals surface area (Å²) in [5.41, 5.74) is 0. The highest BCUT2D eigenvalue weighted by atomic mass is 16.5. The molecule has 0 atom stereocenters. The Balaban J connectivity index is 1.65. The molecule has 13 heavy (non-hydrogen) atoms. The molecule has 0 unspecified atom stereocenters. The fourth-order valence-corrected chi connectivity index (χ4v) is 2.06. The third kappa shape index (κ3) is 1.73. The number of hydrogen-bond acceptors (Lipinski definition) is 3. The van der Waals surface area contributed by atoms with E-state index in [9.17, 15) is 0 Å². The maximum atomic E-state index is 5.25. The van der Waals surface area contributed by atoms with E-state index in [1.54, 1.807) is 0 Å². The Kier molecular flexibility index (Phi) is 2.58. The summed E-state index contributed by atoms with van der Waals surface area (Å²) in [6.07, 6.45) is 0.507. The molecule has 0 spiro atoms. The van der Waals surface area contributed by atoms with Gasteiger partial charge in [0, 0.05) is 45.4 Å². The van der Waals surface area contributed by atoms with Gasteiger partial charge in [0.15, 0.2) is 0 Å². The van der Waals surface area contributed by atoms with Crippen LogP contribution in [0.25, 0.3) is 0 Å². The van der Waals surface area contributed by atoms with Gasteiger partial charge >= 0.3 is 0 Å². The molecular formula is C10H20N2O. The highest BCUT2D eigenvalue weighted by Gasteiger charge is 2.39. The van der Waals surface area contributed by atoms with Crippen molar-refractivity contribution in [2.24, 2.45) is 0 Å². The van der Waals surface area contributed by atoms with Gasteiger partial charge in [-0.25, -0.2) is 0 Å². The minimum Gasteiger partial charge on any atom is -0.379 e. The Morgan fingerprint density at radius 3 is 2.23 bits per heavy atom. The lowest BCUT2D eigenvalue weighted by Gasteiger charge is -2.52. The summed E-state index contributed by atoms with van der Waals surface area (Å²) >= 11 is 0. The van der Waals surface area contributed by atoms with E-state index in [0.717, 1.165) is 25.2 Å². The molecule has 2 saturated heterocycles. The smallest absolute Gasteiger partial charge is 0.0825 e. The molecule has 2 rings (SSSR count). The molecule has 0 saturated carbocycles. The molecular weight excluding hydrogens is 164 g/mol. The molecule has 2 heterocycles. The zero-order valence-electron chi connectivity index (χ0n) is 8.86. The summed E-state index contributed by atoms with van der Waals surface area (Å²) in [5, 5.41) is 0. The second-order valence-electron chi connectivity index (χ2n) is 4.51. The second-order valence-corrected chi connectivity index (χ2v) is 4.51. The van der Waals surface area contributed by atoms with Crippen LogP contribution < -0.4 is 0 Å². The Morgan fingerprint density at radius 2 is 1.77 bits per heavy atom. The van der Waals surface area contributed by atoms with Crippen LogP contribution in [0.2, 0.25) is 0 Å². The first-order valence-corrected chi connectivity index (χ1v) is 5.21. The van der Waals surface area contributed by atoms with Crippen LogP contribution in [0.1, 0.15) is 13.8 Å². The SMILES string of the molecule is COC1CN(C2CN(C(C)C)C2)C1. The number of ether oxygens (including phenoxy) is 1. The summed E-state index contributed by atoms with van der Waals surface area (Å²) in [6.45, 7) is 9.34. The molecule has 0 radical (unpaired) electrons. The van der Waals surface area contributed by atoms with Crippen molar-refractivity contribution in [2.75, 3.05) is 33.3 Å². The van der Waals surface area contributed by atoms with Gasteiger partial charge in [-0.05, 0) is 13.8 Å². The molecule has 0 aromatic rings. The van der Waals surface area contributed by atoms with Crippen molar-refractivity contribution < 1.29 is 4.74 Å². The third-order valence-corrected chi connectivity index (χ3v) is 3.35. The predicted molar refractivity (Wildman–Crippen MR) is 52.9 cm³/mol. The first-order valence-electron chi connectivity index (χ1n) is 5.21. The fraction of sp³-hybridized carbons (Fsp3) is 1.00. The van der Waals surface area contributed by atoms with Gasteiger partial charge in [0.2, 0.25) is 0 Å². The Labute approximate surface area is 80.6 Å². The van der Waals surface area contributed by atoms with Gasteiger partial charge < -0.3 is 4.74 Å². The van der Waals surface area contributed by atoms with Crippen LogP contribution in [-0.2, 0) is 4.74 Å². The third-order valence-electron chi connectivity index (χ3n) is 3.35. The molecule has 0 amide bonds. The van der Waals surface area contributed by atoms with Crippen molar-refractivity contribution in [3.05, 3.63) is 0 Å². The highest BCUT2D eigenvalue weighted by molar-refractivity contribution is 4.95. The molecule has 0 aromatic carbocycles.